The molecule has 0 atom stereocenters. The van der Waals surface area contributed by atoms with E-state index in [9.17, 15) is 0 Å². The van der Waals surface area contributed by atoms with E-state index < -0.39 is 12.5 Å². The van der Waals surface area contributed by atoms with Gasteiger partial charge in [0.2, 0.25) is 8.13 Å². The van der Waals surface area contributed by atoms with Crippen molar-refractivity contribution in [2.45, 2.75) is 18.9 Å². The number of benzene rings is 1. The predicted molar refractivity (Wildman–Crippen MR) is 87.3 cm³/mol. The molecule has 1 aromatic carbocycles. The maximum atomic E-state index is 6.29. The van der Waals surface area contributed by atoms with Crippen LogP contribution in [0.5, 0.6) is 0 Å². The van der Waals surface area contributed by atoms with Crippen molar-refractivity contribution in [1.29, 1.82) is 0 Å². The van der Waals surface area contributed by atoms with Crippen LogP contribution in [0.15, 0.2) is 29.8 Å². The summed E-state index contributed by atoms with van der Waals surface area (Å²) in [4.78, 5) is 0. The van der Waals surface area contributed by atoms with Crippen LogP contribution in [0.3, 0.4) is 0 Å². The number of hydrogen-bond acceptors (Lipinski definition) is 0. The molecule has 0 aliphatic heterocycles. The smallest absolute Gasteiger partial charge is 0.0931 e. The first-order chi connectivity index (χ1) is 8.57. The fourth-order valence-corrected chi connectivity index (χ4v) is 3.35. The molecule has 0 unspecified atom stereocenters. The fraction of sp³-hybridized carbons (Fsp3) is 0.333. The molecule has 0 bridgehead atoms. The summed E-state index contributed by atoms with van der Waals surface area (Å²) >= 11 is 42.1. The molecule has 0 spiro atoms. The number of rotatable bonds is 2. The van der Waals surface area contributed by atoms with Gasteiger partial charge < -0.3 is 0 Å². The van der Waals surface area contributed by atoms with E-state index in [0.29, 0.717) is 12.0 Å². The van der Waals surface area contributed by atoms with Crippen molar-refractivity contribution in [3.05, 3.63) is 41.0 Å². The van der Waals surface area contributed by atoms with Crippen molar-refractivity contribution in [3.8, 4) is 0 Å². The SMILES string of the molecule is ClC(Cl)(Cl)C(Cl)(Cl)C(Cl)(Cl)C1=Cc2ccccc2C1. The summed E-state index contributed by atoms with van der Waals surface area (Å²) in [5.74, 6) is 0. The van der Waals surface area contributed by atoms with E-state index in [1.54, 1.807) is 0 Å². The van der Waals surface area contributed by atoms with Gasteiger partial charge in [0, 0.05) is 0 Å². The van der Waals surface area contributed by atoms with Gasteiger partial charge in [-0.1, -0.05) is 112 Å². The lowest BCUT2D eigenvalue weighted by Gasteiger charge is -2.38. The highest BCUT2D eigenvalue weighted by Gasteiger charge is 2.61. The second kappa shape index (κ2) is 5.32. The van der Waals surface area contributed by atoms with Crippen molar-refractivity contribution in [1.82, 2.24) is 0 Å². The molecular weight excluding hydrogens is 392 g/mol. The molecule has 0 fully saturated rings. The molecular formula is C12H7Cl7. The Labute approximate surface area is 146 Å². The summed E-state index contributed by atoms with van der Waals surface area (Å²) < 4.78 is -5.74. The van der Waals surface area contributed by atoms with Crippen LogP contribution in [0.25, 0.3) is 6.08 Å². The lowest BCUT2D eigenvalue weighted by Crippen LogP contribution is -2.48. The second-order valence-electron chi connectivity index (χ2n) is 4.19. The largest absolute Gasteiger partial charge is 0.226 e. The van der Waals surface area contributed by atoms with Gasteiger partial charge in [-0.2, -0.15) is 0 Å². The van der Waals surface area contributed by atoms with E-state index in [0.717, 1.165) is 11.1 Å². The van der Waals surface area contributed by atoms with Gasteiger partial charge in [-0.25, -0.2) is 0 Å². The van der Waals surface area contributed by atoms with Crippen LogP contribution in [0.4, 0.5) is 0 Å². The number of fused-ring (bicyclic) bond motifs is 1. The van der Waals surface area contributed by atoms with E-state index >= 15 is 0 Å². The lowest BCUT2D eigenvalue weighted by atomic mass is 10.1. The minimum absolute atomic E-state index is 0.505. The van der Waals surface area contributed by atoms with E-state index in [2.05, 4.69) is 0 Å². The Bertz CT molecular complexity index is 525. The molecule has 0 N–H and O–H groups in total. The highest BCUT2D eigenvalue weighted by molar-refractivity contribution is 6.79. The van der Waals surface area contributed by atoms with Crippen LogP contribution < -0.4 is 0 Å². The fourth-order valence-electron chi connectivity index (χ4n) is 1.86. The molecule has 0 radical (unpaired) electrons. The molecule has 0 aromatic heterocycles. The van der Waals surface area contributed by atoms with Crippen LogP contribution >= 0.6 is 81.2 Å². The number of hydrogen-bond donors (Lipinski definition) is 0. The average Bonchev–Trinajstić information content (AvgIpc) is 2.71. The van der Waals surface area contributed by atoms with E-state index in [1.165, 1.54) is 0 Å². The summed E-state index contributed by atoms with van der Waals surface area (Å²) in [6, 6.07) is 7.73. The van der Waals surface area contributed by atoms with Crippen LogP contribution in [0.2, 0.25) is 0 Å². The average molecular weight is 399 g/mol. The Balaban J connectivity index is 2.39. The summed E-state index contributed by atoms with van der Waals surface area (Å²) in [7, 11) is 0. The first-order valence-electron chi connectivity index (χ1n) is 5.18. The number of alkyl halides is 7. The van der Waals surface area contributed by atoms with Crippen molar-refractivity contribution >= 4 is 87.3 Å². The van der Waals surface area contributed by atoms with Crippen LogP contribution in [-0.4, -0.2) is 12.5 Å². The van der Waals surface area contributed by atoms with E-state index in [4.69, 9.17) is 81.2 Å². The van der Waals surface area contributed by atoms with Gasteiger partial charge >= 0.3 is 0 Å². The molecule has 1 aliphatic carbocycles. The van der Waals surface area contributed by atoms with Gasteiger partial charge in [-0.15, -0.1) is 0 Å². The first-order valence-corrected chi connectivity index (χ1v) is 7.83. The van der Waals surface area contributed by atoms with Crippen molar-refractivity contribution in [2.75, 3.05) is 0 Å². The molecule has 7 heteroatoms. The van der Waals surface area contributed by atoms with Gasteiger partial charge in [0.15, 0.2) is 4.33 Å². The highest BCUT2D eigenvalue weighted by atomic mass is 35.6. The Hall–Kier alpha value is 0.990. The minimum Gasteiger partial charge on any atom is -0.0931 e. The minimum atomic E-state index is -2.03. The van der Waals surface area contributed by atoms with Crippen molar-refractivity contribution in [3.63, 3.8) is 0 Å². The Morgan fingerprint density at radius 1 is 0.842 bits per heavy atom. The molecule has 104 valence electrons. The summed E-state index contributed by atoms with van der Waals surface area (Å²) in [5, 5.41) is 0. The van der Waals surface area contributed by atoms with Crippen LogP contribution in [-0.2, 0) is 6.42 Å². The summed E-state index contributed by atoms with van der Waals surface area (Å²) in [6.45, 7) is 0. The third-order valence-corrected chi connectivity index (χ3v) is 6.92. The maximum Gasteiger partial charge on any atom is 0.226 e. The van der Waals surface area contributed by atoms with E-state index in [-0.39, 0.29) is 0 Å². The van der Waals surface area contributed by atoms with Gasteiger partial charge in [0.1, 0.15) is 0 Å². The molecule has 0 amide bonds. The van der Waals surface area contributed by atoms with Gasteiger partial charge in [0.05, 0.1) is 0 Å². The molecule has 0 heterocycles. The zero-order chi connectivity index (χ0) is 14.5. The zero-order valence-corrected chi connectivity index (χ0v) is 14.5. The second-order valence-corrected chi connectivity index (χ2v) is 9.13. The van der Waals surface area contributed by atoms with Gasteiger partial charge in [-0.05, 0) is 23.1 Å². The van der Waals surface area contributed by atoms with Crippen molar-refractivity contribution in [2.24, 2.45) is 0 Å². The molecule has 1 aliphatic rings. The van der Waals surface area contributed by atoms with Crippen LogP contribution in [0.1, 0.15) is 11.1 Å². The predicted octanol–water partition coefficient (Wildman–Crippen LogP) is 6.34. The highest BCUT2D eigenvalue weighted by Crippen LogP contribution is 2.60. The Morgan fingerprint density at radius 2 is 1.42 bits per heavy atom. The molecule has 2 rings (SSSR count). The summed E-state index contributed by atoms with van der Waals surface area (Å²) in [6.07, 6.45) is 2.32. The van der Waals surface area contributed by atoms with Gasteiger partial charge in [-0.3, -0.25) is 0 Å². The molecule has 0 saturated carbocycles. The molecule has 19 heavy (non-hydrogen) atoms. The first kappa shape index (κ1) is 16.4. The third-order valence-electron chi connectivity index (χ3n) is 2.92. The Kier molecular flexibility index (Phi) is 4.58. The third kappa shape index (κ3) is 2.83. The monoisotopic (exact) mass is 396 g/mol. The summed E-state index contributed by atoms with van der Waals surface area (Å²) in [5.41, 5.74) is 2.65. The topological polar surface area (TPSA) is 0 Å². The lowest BCUT2D eigenvalue weighted by molar-refractivity contribution is 0.725. The van der Waals surface area contributed by atoms with Crippen LogP contribution in [0, 0.1) is 0 Å². The standard InChI is InChI=1S/C12H7Cl7/c13-10(14,11(15,16)12(17,18)19)9-5-7-3-1-2-4-8(7)6-9/h1-5H,6H2. The molecule has 0 nitrogen and oxygen atoms in total. The van der Waals surface area contributed by atoms with Crippen molar-refractivity contribution < 1.29 is 0 Å². The molecule has 1 aromatic rings. The number of allylic oxidation sites excluding steroid dienone is 1. The van der Waals surface area contributed by atoms with Gasteiger partial charge in [0.25, 0.3) is 0 Å². The number of halogens is 7. The maximum absolute atomic E-state index is 6.29. The van der Waals surface area contributed by atoms with E-state index in [1.807, 2.05) is 30.3 Å². The Morgan fingerprint density at radius 3 is 1.95 bits per heavy atom. The zero-order valence-electron chi connectivity index (χ0n) is 9.24. The quantitative estimate of drug-likeness (QED) is 0.509. The normalized spacial score (nSPS) is 16.3. The molecule has 0 saturated heterocycles.